The van der Waals surface area contributed by atoms with Gasteiger partial charge in [0.15, 0.2) is 11.6 Å². The smallest absolute Gasteiger partial charge is 0.331 e. The number of hydrogen-bond donors (Lipinski definition) is 2. The Bertz CT molecular complexity index is 1100. The number of aromatic nitrogens is 4. The molecule has 1 aliphatic carbocycles. The van der Waals surface area contributed by atoms with E-state index in [1.807, 2.05) is 4.57 Å². The first-order valence-electron chi connectivity index (χ1n) is 11.8. The lowest BCUT2D eigenvalue weighted by Crippen LogP contribution is -2.32. The van der Waals surface area contributed by atoms with E-state index < -0.39 is 5.97 Å². The van der Waals surface area contributed by atoms with Crippen LogP contribution in [0.25, 0.3) is 17.1 Å². The maximum Gasteiger partial charge on any atom is 0.331 e. The molecule has 0 spiro atoms. The number of carboxylic acids is 1. The maximum absolute atomic E-state index is 13.3. The van der Waals surface area contributed by atoms with Crippen LogP contribution in [-0.4, -0.2) is 36.2 Å². The minimum absolute atomic E-state index is 0.00849. The van der Waals surface area contributed by atoms with Crippen molar-refractivity contribution < 1.29 is 9.90 Å². The first kappa shape index (κ1) is 22.6. The summed E-state index contributed by atoms with van der Waals surface area (Å²) in [6.07, 6.45) is 4.32. The van der Waals surface area contributed by atoms with Crippen molar-refractivity contribution in [2.75, 3.05) is 5.32 Å². The highest BCUT2D eigenvalue weighted by molar-refractivity contribution is 5.75. The molecule has 0 amide bonds. The normalized spacial score (nSPS) is 23.1. The highest BCUT2D eigenvalue weighted by atomic mass is 16.4. The van der Waals surface area contributed by atoms with Crippen molar-refractivity contribution in [1.29, 1.82) is 0 Å². The van der Waals surface area contributed by atoms with Gasteiger partial charge in [-0.05, 0) is 55.9 Å². The van der Waals surface area contributed by atoms with Crippen LogP contribution in [0.15, 0.2) is 10.4 Å². The molecule has 0 fully saturated rings. The largest absolute Gasteiger partial charge is 0.481 e. The SMILES string of the molecule is CCCn1c2nc(C3=C(C)CC(C)(CCC(=O)O)CC3)nc-2c2n(c1=O)C[C@@H](C(C)C)N2. The van der Waals surface area contributed by atoms with Gasteiger partial charge in [-0.1, -0.05) is 33.3 Å². The van der Waals surface area contributed by atoms with E-state index in [1.165, 1.54) is 5.57 Å². The van der Waals surface area contributed by atoms with E-state index in [-0.39, 0.29) is 23.6 Å². The van der Waals surface area contributed by atoms with E-state index in [9.17, 15) is 9.59 Å². The Morgan fingerprint density at radius 3 is 2.72 bits per heavy atom. The van der Waals surface area contributed by atoms with Crippen molar-refractivity contribution in [2.45, 2.75) is 92.3 Å². The zero-order valence-electron chi connectivity index (χ0n) is 19.9. The van der Waals surface area contributed by atoms with Crippen LogP contribution >= 0.6 is 0 Å². The number of aliphatic carboxylic acids is 1. The summed E-state index contributed by atoms with van der Waals surface area (Å²) < 4.78 is 3.60. The number of anilines is 1. The number of imidazole rings is 1. The minimum atomic E-state index is -0.739. The topological polar surface area (TPSA) is 102 Å². The molecule has 0 bridgehead atoms. The number of fused-ring (bicyclic) bond motifs is 3. The molecular weight excluding hydrogens is 406 g/mol. The van der Waals surface area contributed by atoms with Crippen LogP contribution in [0.2, 0.25) is 0 Å². The molecule has 0 saturated carbocycles. The van der Waals surface area contributed by atoms with Crippen molar-refractivity contribution in [3.05, 3.63) is 21.9 Å². The Morgan fingerprint density at radius 1 is 1.34 bits per heavy atom. The highest BCUT2D eigenvalue weighted by Gasteiger charge is 2.35. The second-order valence-corrected chi connectivity index (χ2v) is 10.2. The fraction of sp³-hybridized carbons (Fsp3) is 0.667. The molecule has 1 unspecified atom stereocenters. The quantitative estimate of drug-likeness (QED) is 0.667. The number of nitrogens with zero attached hydrogens (tertiary/aromatic N) is 4. The van der Waals surface area contributed by atoms with Crippen molar-refractivity contribution in [1.82, 2.24) is 19.1 Å². The first-order chi connectivity index (χ1) is 15.1. The third-order valence-electron chi connectivity index (χ3n) is 7.20. The molecule has 4 rings (SSSR count). The van der Waals surface area contributed by atoms with Gasteiger partial charge in [0.25, 0.3) is 0 Å². The number of hydrogen-bond acceptors (Lipinski definition) is 5. The number of carboxylic acid groups (broad SMARTS) is 1. The lowest BCUT2D eigenvalue weighted by atomic mass is 9.70. The number of carbonyl (C=O) groups is 1. The summed E-state index contributed by atoms with van der Waals surface area (Å²) in [5.74, 6) is 1.82. The van der Waals surface area contributed by atoms with Gasteiger partial charge < -0.3 is 10.4 Å². The fourth-order valence-electron chi connectivity index (χ4n) is 5.21. The third-order valence-corrected chi connectivity index (χ3v) is 7.20. The van der Waals surface area contributed by atoms with Crippen molar-refractivity contribution in [3.63, 3.8) is 0 Å². The summed E-state index contributed by atoms with van der Waals surface area (Å²) in [6, 6.07) is 0.203. The molecule has 0 aromatic carbocycles. The predicted molar refractivity (Wildman–Crippen MR) is 125 cm³/mol. The number of rotatable bonds is 7. The van der Waals surface area contributed by atoms with E-state index in [0.29, 0.717) is 37.1 Å². The molecule has 8 nitrogen and oxygen atoms in total. The van der Waals surface area contributed by atoms with Gasteiger partial charge in [-0.25, -0.2) is 14.8 Å². The van der Waals surface area contributed by atoms with Gasteiger partial charge >= 0.3 is 11.7 Å². The van der Waals surface area contributed by atoms with Gasteiger partial charge in [0, 0.05) is 25.6 Å². The standard InChI is InChI=1S/C24H35N5O3/c1-6-11-28-22-19(21-25-17(14(2)3)13-29(21)23(28)32)26-20(27-22)16-7-9-24(5,12-15(16)4)10-8-18(30)31/h14,17,25H,6-13H2,1-5H3,(H,30,31)/t17-,24?/m0/s1. The Morgan fingerprint density at radius 2 is 2.09 bits per heavy atom. The van der Waals surface area contributed by atoms with Gasteiger partial charge in [0.05, 0.1) is 0 Å². The lowest BCUT2D eigenvalue weighted by molar-refractivity contribution is -0.137. The molecule has 8 heteroatoms. The van der Waals surface area contributed by atoms with Gasteiger partial charge in [0.2, 0.25) is 0 Å². The molecule has 0 radical (unpaired) electrons. The van der Waals surface area contributed by atoms with E-state index in [1.54, 1.807) is 4.57 Å². The van der Waals surface area contributed by atoms with E-state index >= 15 is 0 Å². The highest BCUT2D eigenvalue weighted by Crippen LogP contribution is 2.45. The summed E-state index contributed by atoms with van der Waals surface area (Å²) in [5.41, 5.74) is 3.11. The molecule has 2 atom stereocenters. The summed E-state index contributed by atoms with van der Waals surface area (Å²) in [4.78, 5) is 34.1. The zero-order valence-corrected chi connectivity index (χ0v) is 19.9. The average Bonchev–Trinajstić information content (AvgIpc) is 3.35. The summed E-state index contributed by atoms with van der Waals surface area (Å²) in [6.45, 7) is 11.9. The molecule has 4 aliphatic rings. The van der Waals surface area contributed by atoms with Crippen LogP contribution in [-0.2, 0) is 17.9 Å². The molecule has 0 aromatic rings. The maximum atomic E-state index is 13.3. The average molecular weight is 442 g/mol. The van der Waals surface area contributed by atoms with E-state index in [0.717, 1.165) is 42.8 Å². The van der Waals surface area contributed by atoms with Gasteiger partial charge in [-0.15, -0.1) is 0 Å². The fourth-order valence-corrected chi connectivity index (χ4v) is 5.21. The monoisotopic (exact) mass is 441 g/mol. The van der Waals surface area contributed by atoms with Gasteiger partial charge in [-0.2, -0.15) is 0 Å². The number of nitrogens with one attached hydrogen (secondary N) is 1. The third kappa shape index (κ3) is 3.95. The van der Waals surface area contributed by atoms with Crippen LogP contribution in [0.3, 0.4) is 0 Å². The predicted octanol–water partition coefficient (Wildman–Crippen LogP) is 4.23. The minimum Gasteiger partial charge on any atom is -0.481 e. The second-order valence-electron chi connectivity index (χ2n) is 10.2. The molecular formula is C24H35N5O3. The van der Waals surface area contributed by atoms with Crippen LogP contribution in [0.5, 0.6) is 0 Å². The molecule has 32 heavy (non-hydrogen) atoms. The van der Waals surface area contributed by atoms with Crippen LogP contribution in [0.4, 0.5) is 5.82 Å². The zero-order chi connectivity index (χ0) is 23.2. The number of allylic oxidation sites excluding steroid dienone is 2. The van der Waals surface area contributed by atoms with E-state index in [2.05, 4.69) is 39.9 Å². The van der Waals surface area contributed by atoms with Crippen molar-refractivity contribution in [3.8, 4) is 11.5 Å². The Labute approximate surface area is 189 Å². The Hall–Kier alpha value is -2.64. The molecule has 3 heterocycles. The van der Waals surface area contributed by atoms with Crippen molar-refractivity contribution >= 4 is 17.4 Å². The van der Waals surface area contributed by atoms with Crippen LogP contribution in [0.1, 0.15) is 79.0 Å². The first-order valence-corrected chi connectivity index (χ1v) is 11.8. The van der Waals surface area contributed by atoms with Crippen molar-refractivity contribution in [2.24, 2.45) is 11.3 Å². The van der Waals surface area contributed by atoms with Crippen LogP contribution < -0.4 is 11.0 Å². The molecule has 0 saturated heterocycles. The van der Waals surface area contributed by atoms with Gasteiger partial charge in [0.1, 0.15) is 11.5 Å². The van der Waals surface area contributed by atoms with Gasteiger partial charge in [-0.3, -0.25) is 13.9 Å². The summed E-state index contributed by atoms with van der Waals surface area (Å²) in [5, 5.41) is 12.6. The molecule has 0 aromatic heterocycles. The second kappa shape index (κ2) is 8.37. The summed E-state index contributed by atoms with van der Waals surface area (Å²) in [7, 11) is 0. The van der Waals surface area contributed by atoms with E-state index in [4.69, 9.17) is 15.1 Å². The Balaban J connectivity index is 1.75. The summed E-state index contributed by atoms with van der Waals surface area (Å²) >= 11 is 0. The lowest BCUT2D eigenvalue weighted by Gasteiger charge is -2.34. The molecule has 174 valence electrons. The van der Waals surface area contributed by atoms with Crippen LogP contribution in [0, 0.1) is 11.3 Å². The Kier molecular flexibility index (Phi) is 5.90. The molecule has 2 N–H and O–H groups in total. The molecule has 3 aliphatic heterocycles.